The molecule has 1 aliphatic heterocycles. The summed E-state index contributed by atoms with van der Waals surface area (Å²) in [5.41, 5.74) is 4.34. The minimum absolute atomic E-state index is 0.0750. The Labute approximate surface area is 196 Å². The van der Waals surface area contributed by atoms with Crippen LogP contribution in [0.2, 0.25) is 0 Å². The third-order valence-corrected chi connectivity index (χ3v) is 7.33. The van der Waals surface area contributed by atoms with E-state index in [-0.39, 0.29) is 5.91 Å². The van der Waals surface area contributed by atoms with Crippen molar-refractivity contribution in [3.05, 3.63) is 83.6 Å². The van der Waals surface area contributed by atoms with Crippen molar-refractivity contribution in [2.75, 3.05) is 18.4 Å². The normalized spacial score (nSPS) is 19.2. The Bertz CT molecular complexity index is 1050. The molecule has 1 saturated heterocycles. The Morgan fingerprint density at radius 2 is 1.67 bits per heavy atom. The Morgan fingerprint density at radius 3 is 2.48 bits per heavy atom. The van der Waals surface area contributed by atoms with E-state index in [0.717, 1.165) is 44.6 Å². The maximum absolute atomic E-state index is 12.5. The van der Waals surface area contributed by atoms with Crippen molar-refractivity contribution in [3.63, 3.8) is 0 Å². The lowest BCUT2D eigenvalue weighted by atomic mass is 9.86. The molecule has 33 heavy (non-hydrogen) atoms. The second-order valence-corrected chi connectivity index (χ2v) is 9.48. The quantitative estimate of drug-likeness (QED) is 0.558. The first-order valence-corrected chi connectivity index (χ1v) is 12.4. The Kier molecular flexibility index (Phi) is 6.87. The smallest absolute Gasteiger partial charge is 0.225 e. The second kappa shape index (κ2) is 10.3. The van der Waals surface area contributed by atoms with Gasteiger partial charge in [0.2, 0.25) is 5.91 Å². The van der Waals surface area contributed by atoms with Gasteiger partial charge in [-0.1, -0.05) is 54.6 Å². The number of amides is 1. The molecule has 1 aromatic heterocycles. The molecule has 1 fully saturated rings. The van der Waals surface area contributed by atoms with Crippen molar-refractivity contribution in [2.24, 2.45) is 0 Å². The molecule has 2 aromatic carbocycles. The molecule has 5 rings (SSSR count). The lowest BCUT2D eigenvalue weighted by molar-refractivity contribution is -0.116. The fourth-order valence-electron chi connectivity index (χ4n) is 5.49. The number of fused-ring (bicyclic) bond motifs is 1. The van der Waals surface area contributed by atoms with Crippen LogP contribution in [-0.4, -0.2) is 39.7 Å². The number of aromatic nitrogens is 2. The number of carbonyl (C=O) groups is 1. The first-order chi connectivity index (χ1) is 16.3. The minimum atomic E-state index is 0.0750. The van der Waals surface area contributed by atoms with Crippen molar-refractivity contribution >= 4 is 11.7 Å². The fourth-order valence-corrected chi connectivity index (χ4v) is 5.49. The van der Waals surface area contributed by atoms with Gasteiger partial charge in [0.1, 0.15) is 5.82 Å². The zero-order valence-corrected chi connectivity index (χ0v) is 19.3. The van der Waals surface area contributed by atoms with Gasteiger partial charge in [0.25, 0.3) is 0 Å². The second-order valence-electron chi connectivity index (χ2n) is 9.48. The van der Waals surface area contributed by atoms with E-state index in [2.05, 4.69) is 51.7 Å². The molecule has 1 N–H and O–H groups in total. The molecule has 0 spiro atoms. The number of likely N-dealkylation sites (tertiary alicyclic amines) is 1. The number of carbonyl (C=O) groups excluding carboxylic acids is 1. The van der Waals surface area contributed by atoms with Crippen LogP contribution in [-0.2, 0) is 24.1 Å². The SMILES string of the molecule is O=C(CCCc1ccccc1)Nc1ccnn1C1CCN([C@@H]2CCc3ccccc3C2)CC1. The summed E-state index contributed by atoms with van der Waals surface area (Å²) >= 11 is 0. The molecule has 172 valence electrons. The average Bonchev–Trinajstić information content (AvgIpc) is 3.32. The van der Waals surface area contributed by atoms with Crippen LogP contribution in [0.1, 0.15) is 54.8 Å². The lowest BCUT2D eigenvalue weighted by Gasteiger charge is -2.40. The van der Waals surface area contributed by atoms with Gasteiger partial charge in [0.05, 0.1) is 12.2 Å². The van der Waals surface area contributed by atoms with Gasteiger partial charge in [0, 0.05) is 31.6 Å². The highest BCUT2D eigenvalue weighted by molar-refractivity contribution is 5.89. The summed E-state index contributed by atoms with van der Waals surface area (Å²) in [6.45, 7) is 2.20. The first kappa shape index (κ1) is 21.9. The van der Waals surface area contributed by atoms with Crippen LogP contribution in [0.5, 0.6) is 0 Å². The van der Waals surface area contributed by atoms with Crippen LogP contribution in [0.15, 0.2) is 66.9 Å². The largest absolute Gasteiger partial charge is 0.311 e. The van der Waals surface area contributed by atoms with E-state index < -0.39 is 0 Å². The monoisotopic (exact) mass is 442 g/mol. The van der Waals surface area contributed by atoms with Crippen LogP contribution in [0.3, 0.4) is 0 Å². The maximum Gasteiger partial charge on any atom is 0.225 e. The van der Waals surface area contributed by atoms with E-state index in [1.54, 1.807) is 0 Å². The third kappa shape index (κ3) is 5.36. The van der Waals surface area contributed by atoms with Crippen LogP contribution < -0.4 is 5.32 Å². The van der Waals surface area contributed by atoms with E-state index in [4.69, 9.17) is 0 Å². The standard InChI is InChI=1S/C28H34N4O/c33-28(12-6-9-22-7-2-1-3-8-22)30-27-15-18-29-32(27)25-16-19-31(20-17-25)26-14-13-23-10-4-5-11-24(23)21-26/h1-5,7-8,10-11,15,18,25-26H,6,9,12-14,16-17,19-21H2,(H,30,33)/t26-/m1/s1. The number of rotatable bonds is 7. The number of nitrogens with zero attached hydrogens (tertiary/aromatic N) is 3. The van der Waals surface area contributed by atoms with Crippen molar-refractivity contribution in [2.45, 2.75) is 63.5 Å². The molecule has 0 unspecified atom stereocenters. The molecule has 0 radical (unpaired) electrons. The predicted octanol–water partition coefficient (Wildman–Crippen LogP) is 5.04. The Hall–Kier alpha value is -2.92. The number of piperidine rings is 1. The van der Waals surface area contributed by atoms with Crippen LogP contribution >= 0.6 is 0 Å². The maximum atomic E-state index is 12.5. The van der Waals surface area contributed by atoms with Gasteiger partial charge >= 0.3 is 0 Å². The van der Waals surface area contributed by atoms with Gasteiger partial charge in [-0.15, -0.1) is 0 Å². The molecule has 2 heterocycles. The predicted molar refractivity (Wildman–Crippen MR) is 132 cm³/mol. The molecule has 5 nitrogen and oxygen atoms in total. The molecule has 3 aromatic rings. The van der Waals surface area contributed by atoms with Gasteiger partial charge in [-0.2, -0.15) is 5.10 Å². The number of hydrogen-bond acceptors (Lipinski definition) is 3. The number of aryl methyl sites for hydroxylation is 2. The minimum Gasteiger partial charge on any atom is -0.311 e. The molecular weight excluding hydrogens is 408 g/mol. The number of nitrogens with one attached hydrogen (secondary N) is 1. The highest BCUT2D eigenvalue weighted by atomic mass is 16.1. The van der Waals surface area contributed by atoms with E-state index >= 15 is 0 Å². The Balaban J connectivity index is 1.11. The van der Waals surface area contributed by atoms with Crippen molar-refractivity contribution in [1.82, 2.24) is 14.7 Å². The lowest BCUT2D eigenvalue weighted by Crippen LogP contribution is -2.44. The number of benzene rings is 2. The molecule has 0 bridgehead atoms. The molecule has 1 aliphatic carbocycles. The summed E-state index contributed by atoms with van der Waals surface area (Å²) in [5.74, 6) is 0.913. The third-order valence-electron chi connectivity index (χ3n) is 7.33. The summed E-state index contributed by atoms with van der Waals surface area (Å²) in [4.78, 5) is 15.2. The van der Waals surface area contributed by atoms with Gasteiger partial charge in [-0.05, 0) is 61.6 Å². The highest BCUT2D eigenvalue weighted by Crippen LogP contribution is 2.30. The molecule has 1 atom stereocenters. The first-order valence-electron chi connectivity index (χ1n) is 12.4. The molecule has 1 amide bonds. The molecule has 0 saturated carbocycles. The van der Waals surface area contributed by atoms with E-state index in [1.165, 1.54) is 36.0 Å². The fraction of sp³-hybridized carbons (Fsp3) is 0.429. The van der Waals surface area contributed by atoms with Gasteiger partial charge in [0.15, 0.2) is 0 Å². The van der Waals surface area contributed by atoms with Crippen molar-refractivity contribution in [3.8, 4) is 0 Å². The summed E-state index contributed by atoms with van der Waals surface area (Å²) in [6, 6.07) is 22.2. The van der Waals surface area contributed by atoms with E-state index in [1.807, 2.05) is 35.1 Å². The topological polar surface area (TPSA) is 50.2 Å². The van der Waals surface area contributed by atoms with Crippen LogP contribution in [0.4, 0.5) is 5.82 Å². The highest BCUT2D eigenvalue weighted by Gasteiger charge is 2.29. The van der Waals surface area contributed by atoms with Crippen molar-refractivity contribution < 1.29 is 4.79 Å². The zero-order chi connectivity index (χ0) is 22.5. The van der Waals surface area contributed by atoms with Gasteiger partial charge in [-0.25, -0.2) is 4.68 Å². The van der Waals surface area contributed by atoms with E-state index in [0.29, 0.717) is 18.5 Å². The molecule has 5 heteroatoms. The van der Waals surface area contributed by atoms with Crippen LogP contribution in [0.25, 0.3) is 0 Å². The summed E-state index contributed by atoms with van der Waals surface area (Å²) < 4.78 is 2.04. The number of anilines is 1. The van der Waals surface area contributed by atoms with Crippen LogP contribution in [0, 0.1) is 0 Å². The molecular formula is C28H34N4O. The summed E-state index contributed by atoms with van der Waals surface area (Å²) in [7, 11) is 0. The van der Waals surface area contributed by atoms with Gasteiger partial charge in [-0.3, -0.25) is 9.69 Å². The molecule has 2 aliphatic rings. The Morgan fingerprint density at radius 1 is 0.909 bits per heavy atom. The zero-order valence-electron chi connectivity index (χ0n) is 19.3. The van der Waals surface area contributed by atoms with Gasteiger partial charge < -0.3 is 5.32 Å². The summed E-state index contributed by atoms with van der Waals surface area (Å²) in [5, 5.41) is 7.68. The average molecular weight is 443 g/mol. The van der Waals surface area contributed by atoms with Crippen molar-refractivity contribution in [1.29, 1.82) is 0 Å². The number of hydrogen-bond donors (Lipinski definition) is 1. The summed E-state index contributed by atoms with van der Waals surface area (Å²) in [6.07, 6.45) is 9.91. The van der Waals surface area contributed by atoms with E-state index in [9.17, 15) is 4.79 Å².